The predicted molar refractivity (Wildman–Crippen MR) is 124 cm³/mol. The average Bonchev–Trinajstić information content (AvgIpc) is 3.48. The number of H-pyrrole nitrogens is 1. The summed E-state index contributed by atoms with van der Waals surface area (Å²) in [6.07, 6.45) is 2.26. The van der Waals surface area contributed by atoms with Gasteiger partial charge in [0.15, 0.2) is 0 Å². The van der Waals surface area contributed by atoms with Crippen molar-refractivity contribution < 1.29 is 14.3 Å². The molecule has 12 nitrogen and oxygen atoms in total. The first-order chi connectivity index (χ1) is 16.9. The third-order valence-electron chi connectivity index (χ3n) is 6.07. The summed E-state index contributed by atoms with van der Waals surface area (Å²) in [4.78, 5) is 38.4. The Bertz CT molecular complexity index is 1540. The van der Waals surface area contributed by atoms with Crippen LogP contribution in [0.4, 0.5) is 0 Å². The molecule has 4 heterocycles. The van der Waals surface area contributed by atoms with Crippen molar-refractivity contribution in [1.82, 2.24) is 29.9 Å². The number of nitrogens with zero attached hydrogens (tertiary/aromatic N) is 4. The summed E-state index contributed by atoms with van der Waals surface area (Å²) in [7, 11) is 0. The summed E-state index contributed by atoms with van der Waals surface area (Å²) in [6, 6.07) is 8.75. The minimum absolute atomic E-state index is 0.274. The number of aromatic amines is 1. The molecule has 0 saturated carbocycles. The third-order valence-corrected chi connectivity index (χ3v) is 6.07. The molecule has 3 aromatic heterocycles. The number of benzene rings is 1. The fourth-order valence-corrected chi connectivity index (χ4v) is 4.24. The summed E-state index contributed by atoms with van der Waals surface area (Å²) in [5.41, 5.74) is 0.634. The van der Waals surface area contributed by atoms with Gasteiger partial charge in [-0.2, -0.15) is 0 Å². The van der Waals surface area contributed by atoms with Crippen molar-refractivity contribution in [3.05, 3.63) is 90.8 Å². The predicted octanol–water partition coefficient (Wildman–Crippen LogP) is 0.354. The molecule has 12 heteroatoms. The Hall–Kier alpha value is -3.87. The minimum Gasteiger partial charge on any atom is -0.422 e. The van der Waals surface area contributed by atoms with Gasteiger partial charge in [-0.3, -0.25) is 14.3 Å². The van der Waals surface area contributed by atoms with Gasteiger partial charge in [-0.05, 0) is 19.1 Å². The monoisotopic (exact) mass is 480 g/mol. The molecule has 35 heavy (non-hydrogen) atoms. The van der Waals surface area contributed by atoms with Crippen LogP contribution < -0.4 is 22.2 Å². The van der Waals surface area contributed by atoms with Crippen LogP contribution in [0.3, 0.4) is 0 Å². The number of aliphatic hydroxyl groups is 1. The summed E-state index contributed by atoms with van der Waals surface area (Å²) in [5, 5.41) is 22.2. The maximum atomic E-state index is 12.2. The molecule has 0 bridgehead atoms. The van der Waals surface area contributed by atoms with E-state index in [4.69, 9.17) is 9.15 Å². The highest BCUT2D eigenvalue weighted by Gasteiger charge is 2.38. The van der Waals surface area contributed by atoms with Gasteiger partial charge in [0.25, 0.3) is 5.56 Å². The SMILES string of the molecule is Cc1cn([C@@H]2C[C@@H](n3cc(CNCc4cc5ccccc5oc4=O)nn3)[C@H](CO)O2)c(=O)[nH]c1=O. The van der Waals surface area contributed by atoms with Gasteiger partial charge in [0.2, 0.25) is 0 Å². The quantitative estimate of drug-likeness (QED) is 0.318. The Morgan fingerprint density at radius 1 is 1.20 bits per heavy atom. The van der Waals surface area contributed by atoms with E-state index >= 15 is 0 Å². The molecule has 4 aromatic rings. The molecule has 0 radical (unpaired) electrons. The van der Waals surface area contributed by atoms with E-state index in [1.165, 1.54) is 10.8 Å². The number of nitrogens with one attached hydrogen (secondary N) is 2. The van der Waals surface area contributed by atoms with E-state index in [9.17, 15) is 19.5 Å². The van der Waals surface area contributed by atoms with Crippen molar-refractivity contribution >= 4 is 11.0 Å². The lowest BCUT2D eigenvalue weighted by Crippen LogP contribution is -2.33. The van der Waals surface area contributed by atoms with Crippen LogP contribution in [-0.2, 0) is 17.8 Å². The number of ether oxygens (including phenoxy) is 1. The lowest BCUT2D eigenvalue weighted by Gasteiger charge is -2.15. The van der Waals surface area contributed by atoms with Crippen LogP contribution in [0, 0.1) is 6.92 Å². The Kier molecular flexibility index (Phi) is 6.16. The first-order valence-electron chi connectivity index (χ1n) is 11.1. The highest BCUT2D eigenvalue weighted by atomic mass is 16.5. The lowest BCUT2D eigenvalue weighted by atomic mass is 10.1. The van der Waals surface area contributed by atoms with Crippen LogP contribution in [0.25, 0.3) is 11.0 Å². The van der Waals surface area contributed by atoms with E-state index in [-0.39, 0.29) is 12.6 Å². The van der Waals surface area contributed by atoms with E-state index in [0.29, 0.717) is 41.9 Å². The van der Waals surface area contributed by atoms with E-state index < -0.39 is 29.2 Å². The van der Waals surface area contributed by atoms with Crippen LogP contribution in [-0.4, -0.2) is 42.4 Å². The van der Waals surface area contributed by atoms with Crippen LogP contribution in [0.15, 0.2) is 61.5 Å². The highest BCUT2D eigenvalue weighted by Crippen LogP contribution is 2.35. The number of aliphatic hydroxyl groups excluding tert-OH is 1. The summed E-state index contributed by atoms with van der Waals surface area (Å²) in [6.45, 7) is 1.97. The summed E-state index contributed by atoms with van der Waals surface area (Å²) >= 11 is 0. The third kappa shape index (κ3) is 4.58. The van der Waals surface area contributed by atoms with Gasteiger partial charge in [-0.15, -0.1) is 5.10 Å². The van der Waals surface area contributed by atoms with Crippen molar-refractivity contribution in [3.8, 4) is 0 Å². The molecule has 1 saturated heterocycles. The van der Waals surface area contributed by atoms with Gasteiger partial charge in [0, 0.05) is 36.7 Å². The lowest BCUT2D eigenvalue weighted by molar-refractivity contribution is -0.0323. The minimum atomic E-state index is -0.668. The van der Waals surface area contributed by atoms with Crippen molar-refractivity contribution in [2.24, 2.45) is 0 Å². The Balaban J connectivity index is 1.26. The van der Waals surface area contributed by atoms with Crippen LogP contribution in [0.1, 0.15) is 35.5 Å². The van der Waals surface area contributed by atoms with Crippen molar-refractivity contribution in [2.45, 2.75) is 44.8 Å². The van der Waals surface area contributed by atoms with E-state index in [2.05, 4.69) is 20.6 Å². The fourth-order valence-electron chi connectivity index (χ4n) is 4.24. The second kappa shape index (κ2) is 9.41. The molecular weight excluding hydrogens is 456 g/mol. The zero-order valence-electron chi connectivity index (χ0n) is 18.9. The second-order valence-electron chi connectivity index (χ2n) is 8.48. The van der Waals surface area contributed by atoms with Gasteiger partial charge in [-0.1, -0.05) is 23.4 Å². The van der Waals surface area contributed by atoms with E-state index in [0.717, 1.165) is 5.39 Å². The first kappa shape index (κ1) is 22.9. The number of hydrogen-bond acceptors (Lipinski definition) is 9. The standard InChI is InChI=1S/C23H24N6O6/c1-13-10-28(23(33)25-21(13)31)20-7-17(19(12-30)34-20)29-11-16(26-27-29)9-24-8-15-6-14-4-2-3-5-18(14)35-22(15)32/h2-6,10-11,17,19-20,24,30H,7-9,12H2,1H3,(H,25,31,33)/t17-,19+,20+/m1/s1. The van der Waals surface area contributed by atoms with Crippen molar-refractivity contribution in [2.75, 3.05) is 6.61 Å². The van der Waals surface area contributed by atoms with Gasteiger partial charge < -0.3 is 19.6 Å². The number of aryl methyl sites for hydroxylation is 1. The van der Waals surface area contributed by atoms with Crippen molar-refractivity contribution in [1.29, 1.82) is 0 Å². The Morgan fingerprint density at radius 3 is 2.86 bits per heavy atom. The zero-order chi connectivity index (χ0) is 24.5. The normalized spacial score (nSPS) is 20.0. The Morgan fingerprint density at radius 2 is 2.03 bits per heavy atom. The maximum absolute atomic E-state index is 12.2. The molecular formula is C23H24N6O6. The first-order valence-corrected chi connectivity index (χ1v) is 11.1. The maximum Gasteiger partial charge on any atom is 0.340 e. The smallest absolute Gasteiger partial charge is 0.340 e. The van der Waals surface area contributed by atoms with Crippen molar-refractivity contribution in [3.63, 3.8) is 0 Å². The highest BCUT2D eigenvalue weighted by molar-refractivity contribution is 5.76. The Labute approximate surface area is 197 Å². The zero-order valence-corrected chi connectivity index (χ0v) is 18.9. The molecule has 0 aliphatic carbocycles. The molecule has 182 valence electrons. The fraction of sp³-hybridized carbons (Fsp3) is 0.348. The summed E-state index contributed by atoms with van der Waals surface area (Å²) in [5.74, 6) is 0. The van der Waals surface area contributed by atoms with Gasteiger partial charge >= 0.3 is 11.3 Å². The molecule has 0 spiro atoms. The van der Waals surface area contributed by atoms with E-state index in [1.54, 1.807) is 29.9 Å². The number of para-hydroxylation sites is 1. The molecule has 3 atom stereocenters. The second-order valence-corrected chi connectivity index (χ2v) is 8.48. The molecule has 1 aliphatic rings. The molecule has 1 aliphatic heterocycles. The number of aromatic nitrogens is 5. The molecule has 0 amide bonds. The van der Waals surface area contributed by atoms with Gasteiger partial charge in [0.05, 0.1) is 30.1 Å². The van der Waals surface area contributed by atoms with Crippen LogP contribution in [0.5, 0.6) is 0 Å². The van der Waals surface area contributed by atoms with Crippen LogP contribution in [0.2, 0.25) is 0 Å². The average molecular weight is 480 g/mol. The van der Waals surface area contributed by atoms with Crippen LogP contribution >= 0.6 is 0 Å². The molecule has 0 unspecified atom stereocenters. The van der Waals surface area contributed by atoms with E-state index in [1.807, 2.05) is 18.2 Å². The van der Waals surface area contributed by atoms with Gasteiger partial charge in [-0.25, -0.2) is 14.3 Å². The topological polar surface area (TPSA) is 157 Å². The number of hydrogen-bond donors (Lipinski definition) is 3. The summed E-state index contributed by atoms with van der Waals surface area (Å²) < 4.78 is 14.1. The molecule has 1 fully saturated rings. The molecule has 1 aromatic carbocycles. The van der Waals surface area contributed by atoms with Gasteiger partial charge in [0.1, 0.15) is 17.9 Å². The number of rotatable bonds is 7. The molecule has 5 rings (SSSR count). The largest absolute Gasteiger partial charge is 0.422 e. The molecule has 3 N–H and O–H groups in total. The number of fused-ring (bicyclic) bond motifs is 1.